The van der Waals surface area contributed by atoms with Crippen LogP contribution in [0.1, 0.15) is 111 Å². The summed E-state index contributed by atoms with van der Waals surface area (Å²) in [6, 6.07) is 50.3. The number of nitrogen functional groups attached to an aromatic ring is 1. The summed E-state index contributed by atoms with van der Waals surface area (Å²) < 4.78 is 2.61. The molecule has 71 heavy (non-hydrogen) atoms. The van der Waals surface area contributed by atoms with Crippen LogP contribution in [0.3, 0.4) is 0 Å². The Balaban J connectivity index is 1.27. The summed E-state index contributed by atoms with van der Waals surface area (Å²) >= 11 is 0. The van der Waals surface area contributed by atoms with Crippen LogP contribution in [0.2, 0.25) is 0 Å². The van der Waals surface area contributed by atoms with Crippen LogP contribution in [0.4, 0.5) is 39.8 Å². The predicted octanol–water partition coefficient (Wildman–Crippen LogP) is 17.4. The number of hydrogen-bond acceptors (Lipinski definition) is 3. The molecule has 2 aliphatic carbocycles. The third kappa shape index (κ3) is 8.45. The van der Waals surface area contributed by atoms with Crippen LogP contribution in [-0.2, 0) is 23.7 Å². The number of fused-ring (bicyclic) bond motifs is 5. The van der Waals surface area contributed by atoms with Crippen molar-refractivity contribution < 1.29 is 0 Å². The second-order valence-electron chi connectivity index (χ2n) is 22.4. The van der Waals surface area contributed by atoms with Crippen molar-refractivity contribution in [3.05, 3.63) is 213 Å². The molecule has 356 valence electrons. The molecule has 0 amide bonds. The summed E-state index contributed by atoms with van der Waals surface area (Å²) in [5.74, 6) is 0. The fourth-order valence-corrected chi connectivity index (χ4v) is 12.3. The molecule has 0 radical (unpaired) electrons. The molecular weight excluding hydrogens is 880 g/mol. The first-order chi connectivity index (χ1) is 34.0. The fourth-order valence-electron chi connectivity index (χ4n) is 12.0. The molecule has 1 aliphatic heterocycles. The second kappa shape index (κ2) is 17.8. The lowest BCUT2D eigenvalue weighted by atomic mass is 9.81. The molecule has 1 unspecified atom stereocenters. The molecule has 0 saturated carbocycles. The maximum absolute atomic E-state index is 6.80. The lowest BCUT2D eigenvalue weighted by molar-refractivity contribution is 0.585. The Kier molecular flexibility index (Phi) is 11.6. The van der Waals surface area contributed by atoms with E-state index in [1.54, 1.807) is 0 Å². The quantitative estimate of drug-likeness (QED) is 0.128. The number of benzene rings is 7. The highest BCUT2D eigenvalue weighted by molar-refractivity contribution is 7.27. The van der Waals surface area contributed by atoms with Crippen molar-refractivity contribution in [2.45, 2.75) is 105 Å². The number of rotatable bonds is 7. The molecule has 0 bridgehead atoms. The molecule has 0 saturated heterocycles. The lowest BCUT2D eigenvalue weighted by Gasteiger charge is -2.39. The van der Waals surface area contributed by atoms with E-state index in [1.807, 2.05) is 6.07 Å². The number of nitrogens with zero attached hydrogens (tertiary/aromatic N) is 3. The van der Waals surface area contributed by atoms with Crippen molar-refractivity contribution in [1.82, 2.24) is 4.57 Å². The summed E-state index contributed by atoms with van der Waals surface area (Å²) in [6.45, 7) is 20.8. The fraction of sp³-hybridized carbons (Fsp3) is 0.242. The molecular formula is C66H67N4P. The Labute approximate surface area is 424 Å². The average molecular weight is 947 g/mol. The minimum absolute atomic E-state index is 0.0453. The standard InChI is InChI=1S/C66H67N4P/c1-41-30-43(3)61(39-57(41)65(4,5)6)68(50-23-16-22-49(67)35-50)63-37-52(38-64-56(63)34-48-31-42(2)58(66(7,8)9)40-62(48)69(64)51-24-17-25-53(71)36-51)70-59-28-26-46(44-18-12-10-13-19-44)32-54(59)55-33-47(27-29-60(55)70)45-20-14-11-15-21-45/h10-14,16-20,22-26,28,30-33,35-40H,15,21,27,29,34,67,71H2,1-9H3. The Morgan fingerprint density at radius 3 is 2.10 bits per heavy atom. The third-order valence-electron chi connectivity index (χ3n) is 15.2. The van der Waals surface area contributed by atoms with Crippen LogP contribution in [0.15, 0.2) is 163 Å². The molecule has 0 fully saturated rings. The normalized spacial score (nSPS) is 14.5. The van der Waals surface area contributed by atoms with E-state index in [0.29, 0.717) is 0 Å². The van der Waals surface area contributed by atoms with E-state index in [2.05, 4.69) is 238 Å². The molecule has 4 nitrogen and oxygen atoms in total. The Bertz CT molecular complexity index is 3530. The first-order valence-electron chi connectivity index (χ1n) is 25.6. The van der Waals surface area contributed by atoms with Crippen LogP contribution in [0.25, 0.3) is 33.8 Å². The van der Waals surface area contributed by atoms with Gasteiger partial charge in [0.2, 0.25) is 0 Å². The number of allylic oxidation sites excluding steroid dienone is 5. The molecule has 2 heterocycles. The number of aromatic nitrogens is 1. The number of anilines is 7. The summed E-state index contributed by atoms with van der Waals surface area (Å²) in [7, 11) is 2.97. The van der Waals surface area contributed by atoms with E-state index in [1.165, 1.54) is 94.8 Å². The van der Waals surface area contributed by atoms with Gasteiger partial charge in [-0.05, 0) is 191 Å². The topological polar surface area (TPSA) is 37.4 Å². The van der Waals surface area contributed by atoms with E-state index < -0.39 is 0 Å². The minimum Gasteiger partial charge on any atom is -0.399 e. The molecule has 11 rings (SSSR count). The molecule has 8 aromatic rings. The van der Waals surface area contributed by atoms with Crippen molar-refractivity contribution in [2.75, 3.05) is 15.5 Å². The van der Waals surface area contributed by atoms with Gasteiger partial charge in [0.25, 0.3) is 0 Å². The smallest absolute Gasteiger partial charge is 0.0538 e. The van der Waals surface area contributed by atoms with Crippen LogP contribution in [0.5, 0.6) is 0 Å². The SMILES string of the molecule is Cc1cc(C)c(C(C)(C)C)cc1N(c1cccc(N)c1)c1cc(-n2c3c(c4cc(-c5ccccc5)ccc42)C=C(C2=CC=CCC2)CC3)cc2c1Cc1cc(C)c(C(C)(C)C)cc1N2c1cccc(P)c1. The van der Waals surface area contributed by atoms with Crippen LogP contribution >= 0.6 is 9.24 Å². The van der Waals surface area contributed by atoms with E-state index in [-0.39, 0.29) is 10.8 Å². The third-order valence-corrected chi connectivity index (χ3v) is 15.6. The van der Waals surface area contributed by atoms with E-state index in [4.69, 9.17) is 5.73 Å². The van der Waals surface area contributed by atoms with Crippen molar-refractivity contribution in [2.24, 2.45) is 0 Å². The second-order valence-corrected chi connectivity index (χ2v) is 23.0. The molecule has 0 spiro atoms. The van der Waals surface area contributed by atoms with Gasteiger partial charge < -0.3 is 20.1 Å². The van der Waals surface area contributed by atoms with Gasteiger partial charge in [0.15, 0.2) is 0 Å². The van der Waals surface area contributed by atoms with Gasteiger partial charge in [0, 0.05) is 57.1 Å². The monoisotopic (exact) mass is 947 g/mol. The van der Waals surface area contributed by atoms with Gasteiger partial charge in [-0.15, -0.1) is 9.24 Å². The molecule has 7 aromatic carbocycles. The zero-order valence-corrected chi connectivity index (χ0v) is 44.2. The van der Waals surface area contributed by atoms with Gasteiger partial charge in [-0.3, -0.25) is 0 Å². The van der Waals surface area contributed by atoms with Gasteiger partial charge in [0.05, 0.1) is 22.6 Å². The zero-order chi connectivity index (χ0) is 49.5. The Morgan fingerprint density at radius 1 is 0.606 bits per heavy atom. The maximum atomic E-state index is 6.80. The first kappa shape index (κ1) is 46.5. The number of hydrogen-bond donors (Lipinski definition) is 1. The maximum Gasteiger partial charge on any atom is 0.0538 e. The van der Waals surface area contributed by atoms with Crippen molar-refractivity contribution in [3.8, 4) is 16.8 Å². The largest absolute Gasteiger partial charge is 0.399 e. The summed E-state index contributed by atoms with van der Waals surface area (Å²) in [6.07, 6.45) is 14.3. The lowest BCUT2D eigenvalue weighted by Crippen LogP contribution is -2.25. The van der Waals surface area contributed by atoms with E-state index in [9.17, 15) is 0 Å². The van der Waals surface area contributed by atoms with Crippen molar-refractivity contribution in [3.63, 3.8) is 0 Å². The predicted molar refractivity (Wildman–Crippen MR) is 309 cm³/mol. The first-order valence-corrected chi connectivity index (χ1v) is 26.1. The molecule has 1 atom stereocenters. The zero-order valence-electron chi connectivity index (χ0n) is 43.0. The summed E-state index contributed by atoms with van der Waals surface area (Å²) in [5, 5.41) is 2.43. The highest BCUT2D eigenvalue weighted by Gasteiger charge is 2.34. The summed E-state index contributed by atoms with van der Waals surface area (Å²) in [5.41, 5.74) is 33.8. The van der Waals surface area contributed by atoms with Crippen LogP contribution in [0, 0.1) is 20.8 Å². The highest BCUT2D eigenvalue weighted by atomic mass is 31.0. The highest BCUT2D eigenvalue weighted by Crippen LogP contribution is 2.53. The average Bonchev–Trinajstić information content (AvgIpc) is 3.66. The Hall–Kier alpha value is -6.87. The van der Waals surface area contributed by atoms with Crippen molar-refractivity contribution >= 4 is 71.3 Å². The Morgan fingerprint density at radius 2 is 1.37 bits per heavy atom. The van der Waals surface area contributed by atoms with Gasteiger partial charge in [-0.2, -0.15) is 0 Å². The number of nitrogens with two attached hydrogens (primary N) is 1. The van der Waals surface area contributed by atoms with Gasteiger partial charge >= 0.3 is 0 Å². The van der Waals surface area contributed by atoms with Crippen LogP contribution < -0.4 is 20.8 Å². The molecule has 1 aromatic heterocycles. The number of aryl methyl sites for hydroxylation is 3. The van der Waals surface area contributed by atoms with Gasteiger partial charge in [-0.25, -0.2) is 0 Å². The van der Waals surface area contributed by atoms with Gasteiger partial charge in [-0.1, -0.05) is 127 Å². The van der Waals surface area contributed by atoms with E-state index >= 15 is 0 Å². The molecule has 2 N–H and O–H groups in total. The van der Waals surface area contributed by atoms with E-state index in [0.717, 1.165) is 71.5 Å². The minimum atomic E-state index is -0.0749. The van der Waals surface area contributed by atoms with Gasteiger partial charge in [0.1, 0.15) is 0 Å². The summed E-state index contributed by atoms with van der Waals surface area (Å²) in [4.78, 5) is 5.09. The van der Waals surface area contributed by atoms with Crippen molar-refractivity contribution in [1.29, 1.82) is 0 Å². The molecule has 5 heteroatoms. The molecule has 3 aliphatic rings. The van der Waals surface area contributed by atoms with Crippen LogP contribution in [-0.4, -0.2) is 4.57 Å².